The molecule has 0 aliphatic rings. The molecule has 1 atom stereocenters. The van der Waals surface area contributed by atoms with Gasteiger partial charge < -0.3 is 0 Å². The Balaban J connectivity index is 0. The topological polar surface area (TPSA) is 3.24 Å². The normalized spacial score (nSPS) is 13.0. The minimum atomic E-state index is 0.699. The molecular weight excluding hydrogens is 182 g/mol. The van der Waals surface area contributed by atoms with Gasteiger partial charge in [0.05, 0.1) is 0 Å². The first-order chi connectivity index (χ1) is 6.86. The first-order valence-corrected chi connectivity index (χ1v) is 6.62. The van der Waals surface area contributed by atoms with E-state index >= 15 is 0 Å². The predicted molar refractivity (Wildman–Crippen MR) is 72.4 cm³/mol. The van der Waals surface area contributed by atoms with Gasteiger partial charge in [0.1, 0.15) is 0 Å². The molecule has 0 N–H and O–H groups in total. The van der Waals surface area contributed by atoms with Gasteiger partial charge in [-0.1, -0.05) is 34.6 Å². The summed E-state index contributed by atoms with van der Waals surface area (Å²) in [7, 11) is 0. The zero-order chi connectivity index (χ0) is 12.4. The van der Waals surface area contributed by atoms with Crippen LogP contribution >= 0.6 is 0 Å². The molecule has 0 aromatic carbocycles. The van der Waals surface area contributed by atoms with Crippen molar-refractivity contribution in [3.63, 3.8) is 0 Å². The van der Waals surface area contributed by atoms with Gasteiger partial charge in [-0.2, -0.15) is 0 Å². The van der Waals surface area contributed by atoms with E-state index in [2.05, 4.69) is 60.3 Å². The van der Waals surface area contributed by atoms with Gasteiger partial charge in [-0.25, -0.2) is 0 Å². The summed E-state index contributed by atoms with van der Waals surface area (Å²) in [5.41, 5.74) is 0. The molecule has 0 fully saturated rings. The quantitative estimate of drug-likeness (QED) is 0.649. The van der Waals surface area contributed by atoms with Crippen molar-refractivity contribution in [1.82, 2.24) is 4.90 Å². The largest absolute Gasteiger partial charge is 0.298 e. The summed E-state index contributed by atoms with van der Waals surface area (Å²) < 4.78 is 0. The summed E-state index contributed by atoms with van der Waals surface area (Å²) in [6, 6.07) is 1.44. The highest BCUT2D eigenvalue weighted by Crippen LogP contribution is 2.08. The molecular formula is C14H33N. The van der Waals surface area contributed by atoms with E-state index in [4.69, 9.17) is 0 Å². The minimum absolute atomic E-state index is 0.699. The van der Waals surface area contributed by atoms with E-state index in [1.54, 1.807) is 0 Å². The molecule has 1 nitrogen and oxygen atoms in total. The van der Waals surface area contributed by atoms with E-state index in [1.165, 1.54) is 19.4 Å². The zero-order valence-corrected chi connectivity index (χ0v) is 12.3. The Morgan fingerprint density at radius 2 is 1.27 bits per heavy atom. The Bertz CT molecular complexity index is 116. The molecule has 0 aliphatic heterocycles. The Morgan fingerprint density at radius 1 is 0.867 bits per heavy atom. The van der Waals surface area contributed by atoms with Crippen LogP contribution in [0, 0.1) is 5.92 Å². The number of rotatable bonds is 5. The molecule has 0 aromatic rings. The van der Waals surface area contributed by atoms with Gasteiger partial charge in [0.15, 0.2) is 0 Å². The lowest BCUT2D eigenvalue weighted by atomic mass is 10.1. The number of hydrogen-bond donors (Lipinski definition) is 0. The SMILES string of the molecule is CC(C)C.CCCN(C(C)C)C(C)CC. The Morgan fingerprint density at radius 3 is 1.47 bits per heavy atom. The summed E-state index contributed by atoms with van der Waals surface area (Å²) in [5.74, 6) is 0.833. The maximum absolute atomic E-state index is 2.57. The van der Waals surface area contributed by atoms with E-state index in [1.807, 2.05) is 0 Å². The molecule has 0 aliphatic carbocycles. The third kappa shape index (κ3) is 11.9. The van der Waals surface area contributed by atoms with Crippen molar-refractivity contribution in [3.8, 4) is 0 Å². The average molecular weight is 215 g/mol. The van der Waals surface area contributed by atoms with Crippen LogP contribution in [0.3, 0.4) is 0 Å². The van der Waals surface area contributed by atoms with Crippen LogP contribution in [0.15, 0.2) is 0 Å². The first-order valence-electron chi connectivity index (χ1n) is 6.62. The summed E-state index contributed by atoms with van der Waals surface area (Å²) in [6.45, 7) is 19.1. The highest BCUT2D eigenvalue weighted by Gasteiger charge is 2.13. The maximum Gasteiger partial charge on any atom is 0.00670 e. The predicted octanol–water partition coefficient (Wildman–Crippen LogP) is 4.57. The van der Waals surface area contributed by atoms with Crippen LogP contribution in [0.2, 0.25) is 0 Å². The lowest BCUT2D eigenvalue weighted by Crippen LogP contribution is -2.38. The zero-order valence-electron chi connectivity index (χ0n) is 12.3. The molecule has 15 heavy (non-hydrogen) atoms. The molecule has 1 heteroatoms. The second kappa shape index (κ2) is 10.5. The van der Waals surface area contributed by atoms with Gasteiger partial charge in [0.2, 0.25) is 0 Å². The lowest BCUT2D eigenvalue weighted by Gasteiger charge is -2.31. The van der Waals surface area contributed by atoms with Gasteiger partial charge in [-0.3, -0.25) is 4.90 Å². The van der Waals surface area contributed by atoms with Crippen LogP contribution in [-0.2, 0) is 0 Å². The summed E-state index contributed by atoms with van der Waals surface area (Å²) in [6.07, 6.45) is 2.53. The smallest absolute Gasteiger partial charge is 0.00670 e. The van der Waals surface area contributed by atoms with Crippen molar-refractivity contribution in [3.05, 3.63) is 0 Å². The fourth-order valence-corrected chi connectivity index (χ4v) is 1.48. The highest BCUT2D eigenvalue weighted by atomic mass is 15.2. The second-order valence-electron chi connectivity index (χ2n) is 5.32. The fourth-order valence-electron chi connectivity index (χ4n) is 1.48. The Hall–Kier alpha value is -0.0400. The molecule has 0 radical (unpaired) electrons. The molecule has 0 amide bonds. The van der Waals surface area contributed by atoms with E-state index in [9.17, 15) is 0 Å². The minimum Gasteiger partial charge on any atom is -0.298 e. The molecule has 0 saturated heterocycles. The summed E-state index contributed by atoms with van der Waals surface area (Å²) in [5, 5.41) is 0. The fraction of sp³-hybridized carbons (Fsp3) is 1.00. The standard InChI is InChI=1S/C10H23N.C4H10/c1-6-8-11(9(3)4)10(5)7-2;1-4(2)3/h9-10H,6-8H2,1-5H3;4H,1-3H3. The number of nitrogens with zero attached hydrogens (tertiary/aromatic N) is 1. The van der Waals surface area contributed by atoms with E-state index < -0.39 is 0 Å². The molecule has 0 bridgehead atoms. The molecule has 0 saturated carbocycles. The molecule has 0 rings (SSSR count). The second-order valence-corrected chi connectivity index (χ2v) is 5.32. The summed E-state index contributed by atoms with van der Waals surface area (Å²) >= 11 is 0. The molecule has 0 spiro atoms. The van der Waals surface area contributed by atoms with Crippen LogP contribution in [0.25, 0.3) is 0 Å². The molecule has 0 heterocycles. The molecule has 1 unspecified atom stereocenters. The van der Waals surface area contributed by atoms with Crippen molar-refractivity contribution >= 4 is 0 Å². The molecule has 0 aromatic heterocycles. The van der Waals surface area contributed by atoms with Gasteiger partial charge in [0.25, 0.3) is 0 Å². The third-order valence-corrected chi connectivity index (χ3v) is 2.30. The summed E-state index contributed by atoms with van der Waals surface area (Å²) in [4.78, 5) is 2.57. The van der Waals surface area contributed by atoms with Gasteiger partial charge >= 0.3 is 0 Å². The van der Waals surface area contributed by atoms with Crippen molar-refractivity contribution in [2.45, 2.75) is 80.3 Å². The van der Waals surface area contributed by atoms with Crippen molar-refractivity contribution in [2.75, 3.05) is 6.54 Å². The van der Waals surface area contributed by atoms with Crippen LogP contribution in [0.4, 0.5) is 0 Å². The molecule has 94 valence electrons. The van der Waals surface area contributed by atoms with Crippen molar-refractivity contribution < 1.29 is 0 Å². The third-order valence-electron chi connectivity index (χ3n) is 2.30. The van der Waals surface area contributed by atoms with Crippen LogP contribution < -0.4 is 0 Å². The van der Waals surface area contributed by atoms with Crippen LogP contribution in [0.1, 0.15) is 68.2 Å². The van der Waals surface area contributed by atoms with E-state index in [-0.39, 0.29) is 0 Å². The monoisotopic (exact) mass is 215 g/mol. The maximum atomic E-state index is 2.57. The Labute approximate surface area is 98.2 Å². The van der Waals surface area contributed by atoms with E-state index in [0.717, 1.165) is 12.0 Å². The lowest BCUT2D eigenvalue weighted by molar-refractivity contribution is 0.160. The van der Waals surface area contributed by atoms with Crippen molar-refractivity contribution in [1.29, 1.82) is 0 Å². The van der Waals surface area contributed by atoms with Crippen molar-refractivity contribution in [2.24, 2.45) is 5.92 Å². The van der Waals surface area contributed by atoms with Gasteiger partial charge in [-0.05, 0) is 46.1 Å². The highest BCUT2D eigenvalue weighted by molar-refractivity contribution is 4.68. The van der Waals surface area contributed by atoms with Crippen LogP contribution in [-0.4, -0.2) is 23.5 Å². The Kier molecular flexibility index (Phi) is 12.1. The first kappa shape index (κ1) is 17.4. The van der Waals surface area contributed by atoms with Gasteiger partial charge in [0, 0.05) is 12.1 Å². The van der Waals surface area contributed by atoms with Gasteiger partial charge in [-0.15, -0.1) is 0 Å². The van der Waals surface area contributed by atoms with E-state index in [0.29, 0.717) is 6.04 Å². The average Bonchev–Trinajstić information content (AvgIpc) is 2.11. The van der Waals surface area contributed by atoms with Crippen LogP contribution in [0.5, 0.6) is 0 Å². The number of hydrogen-bond acceptors (Lipinski definition) is 1.